The summed E-state index contributed by atoms with van der Waals surface area (Å²) < 4.78 is 12.3. The van der Waals surface area contributed by atoms with Gasteiger partial charge in [-0.25, -0.2) is 0 Å². The third-order valence-electron chi connectivity index (χ3n) is 3.86. The van der Waals surface area contributed by atoms with Gasteiger partial charge in [-0.2, -0.15) is 0 Å². The van der Waals surface area contributed by atoms with E-state index in [1.54, 1.807) is 26.7 Å². The maximum atomic E-state index is 4.99. The normalized spacial score (nSPS) is 12.6. The van der Waals surface area contributed by atoms with E-state index in [9.17, 15) is 0 Å². The van der Waals surface area contributed by atoms with Gasteiger partial charge in [0, 0.05) is 0 Å². The molecule has 0 radical (unpaired) electrons. The Kier molecular flexibility index (Phi) is 13.1. The molecule has 0 spiro atoms. The molecule has 0 aliphatic carbocycles. The van der Waals surface area contributed by atoms with Crippen LogP contribution in [0.1, 0.15) is 59.3 Å². The van der Waals surface area contributed by atoms with Crippen LogP contribution < -0.4 is 0 Å². The molecule has 0 saturated heterocycles. The first kappa shape index (κ1) is 19.1. The van der Waals surface area contributed by atoms with Crippen LogP contribution in [0, 0.1) is 0 Å². The van der Waals surface area contributed by atoms with Crippen LogP contribution in [0.2, 0.25) is 13.3 Å². The van der Waals surface area contributed by atoms with Crippen molar-refractivity contribution in [3.63, 3.8) is 0 Å². The van der Waals surface area contributed by atoms with Gasteiger partial charge in [-0.05, 0) is 0 Å². The molecule has 0 amide bonds. The molecule has 0 bridgehead atoms. The number of hydrogen-bond acceptors (Lipinski definition) is 1. The summed E-state index contributed by atoms with van der Waals surface area (Å²) in [7, 11) is 1.71. The molecular weight excluding hydrogens is 339 g/mol. The molecule has 0 aromatic rings. The number of rotatable bonds is 12. The molecule has 0 aliphatic heterocycles. The molecule has 19 heavy (non-hydrogen) atoms. The molecule has 0 aromatic heterocycles. The second-order valence-corrected chi connectivity index (χ2v) is 18.6. The molecule has 0 heterocycles. The van der Waals surface area contributed by atoms with Gasteiger partial charge in [-0.15, -0.1) is 0 Å². The average Bonchev–Trinajstić information content (AvgIpc) is 2.44. The zero-order valence-corrected chi connectivity index (χ0v) is 16.4. The average molecular weight is 373 g/mol. The van der Waals surface area contributed by atoms with E-state index in [1.165, 1.54) is 38.5 Å². The number of methoxy groups -OCH3 is 1. The molecule has 0 atom stereocenters. The van der Waals surface area contributed by atoms with Crippen LogP contribution in [0.3, 0.4) is 0 Å². The van der Waals surface area contributed by atoms with Crippen LogP contribution >= 0.6 is 0 Å². The first-order chi connectivity index (χ1) is 9.24. The van der Waals surface area contributed by atoms with Crippen molar-refractivity contribution in [2.24, 2.45) is 0 Å². The zero-order chi connectivity index (χ0) is 14.4. The fourth-order valence-electron chi connectivity index (χ4n) is 2.60. The quantitative estimate of drug-likeness (QED) is 0.229. The molecule has 1 nitrogen and oxygen atoms in total. The SMILES string of the molecule is CCC[CH2][Sn](/[CH]=C/C=C\OC)([CH2]CCC)[CH2]CCC. The van der Waals surface area contributed by atoms with E-state index in [0.717, 1.165) is 0 Å². The van der Waals surface area contributed by atoms with Gasteiger partial charge in [0.15, 0.2) is 0 Å². The topological polar surface area (TPSA) is 9.23 Å². The van der Waals surface area contributed by atoms with Crippen LogP contribution in [0.4, 0.5) is 0 Å². The first-order valence-corrected chi connectivity index (χ1v) is 15.8. The monoisotopic (exact) mass is 374 g/mol. The fraction of sp³-hybridized carbons (Fsp3) is 0.765. The van der Waals surface area contributed by atoms with Gasteiger partial charge in [-0.1, -0.05) is 0 Å². The van der Waals surface area contributed by atoms with Gasteiger partial charge in [0.2, 0.25) is 0 Å². The minimum atomic E-state index is -2.02. The zero-order valence-electron chi connectivity index (χ0n) is 13.6. The molecule has 0 rings (SSSR count). The minimum absolute atomic E-state index is 1.35. The number of hydrogen-bond donors (Lipinski definition) is 0. The molecule has 0 aromatic carbocycles. The number of allylic oxidation sites excluding steroid dienone is 2. The van der Waals surface area contributed by atoms with Crippen molar-refractivity contribution in [2.75, 3.05) is 7.11 Å². The summed E-state index contributed by atoms with van der Waals surface area (Å²) >= 11 is -2.02. The molecule has 0 saturated carbocycles. The van der Waals surface area contributed by atoms with Crippen LogP contribution in [0.25, 0.3) is 0 Å². The van der Waals surface area contributed by atoms with Gasteiger partial charge in [0.1, 0.15) is 0 Å². The summed E-state index contributed by atoms with van der Waals surface area (Å²) in [5, 5.41) is 0. The van der Waals surface area contributed by atoms with E-state index in [-0.39, 0.29) is 0 Å². The van der Waals surface area contributed by atoms with Crippen LogP contribution in [-0.4, -0.2) is 25.5 Å². The maximum absolute atomic E-state index is 4.99. The van der Waals surface area contributed by atoms with E-state index in [0.29, 0.717) is 0 Å². The Morgan fingerprint density at radius 1 is 0.789 bits per heavy atom. The molecule has 112 valence electrons. The summed E-state index contributed by atoms with van der Waals surface area (Å²) in [5.74, 6) is 0. The van der Waals surface area contributed by atoms with E-state index in [4.69, 9.17) is 4.74 Å². The van der Waals surface area contributed by atoms with Gasteiger partial charge >= 0.3 is 125 Å². The fourth-order valence-corrected chi connectivity index (χ4v) is 16.7. The van der Waals surface area contributed by atoms with Crippen molar-refractivity contribution in [1.82, 2.24) is 0 Å². The van der Waals surface area contributed by atoms with E-state index < -0.39 is 18.4 Å². The van der Waals surface area contributed by atoms with Crippen molar-refractivity contribution in [3.8, 4) is 0 Å². The predicted octanol–water partition coefficient (Wildman–Crippen LogP) is 6.09. The second-order valence-electron chi connectivity index (χ2n) is 5.60. The summed E-state index contributed by atoms with van der Waals surface area (Å²) in [6, 6.07) is 0. The van der Waals surface area contributed by atoms with E-state index >= 15 is 0 Å². The van der Waals surface area contributed by atoms with Gasteiger partial charge in [0.25, 0.3) is 0 Å². The van der Waals surface area contributed by atoms with Crippen molar-refractivity contribution in [2.45, 2.75) is 72.6 Å². The summed E-state index contributed by atoms with van der Waals surface area (Å²) in [6.45, 7) is 6.97. The molecular formula is C17H34OSn. The standard InChI is InChI=1S/C5H7O.3C4H9.Sn/c1-3-4-5-6-2;3*1-3-4-2;/h1,3-5H,2H3;3*1,3-4H2,2H3;/b3-1?,5-4-;;;;. The molecule has 0 aliphatic rings. The predicted molar refractivity (Wildman–Crippen MR) is 90.2 cm³/mol. The Bertz CT molecular complexity index is 224. The Morgan fingerprint density at radius 2 is 1.26 bits per heavy atom. The van der Waals surface area contributed by atoms with Gasteiger partial charge in [-0.3, -0.25) is 0 Å². The Labute approximate surface area is 125 Å². The van der Waals surface area contributed by atoms with Gasteiger partial charge in [0.05, 0.1) is 0 Å². The third kappa shape index (κ3) is 9.59. The third-order valence-corrected chi connectivity index (χ3v) is 18.0. The van der Waals surface area contributed by atoms with Crippen molar-refractivity contribution in [1.29, 1.82) is 0 Å². The summed E-state index contributed by atoms with van der Waals surface area (Å²) in [5.41, 5.74) is 0. The van der Waals surface area contributed by atoms with Crippen LogP contribution in [0.5, 0.6) is 0 Å². The van der Waals surface area contributed by atoms with Crippen molar-refractivity contribution < 1.29 is 4.74 Å². The van der Waals surface area contributed by atoms with E-state index in [1.807, 2.05) is 0 Å². The summed E-state index contributed by atoms with van der Waals surface area (Å²) in [4.78, 5) is 0. The van der Waals surface area contributed by atoms with Crippen LogP contribution in [-0.2, 0) is 4.74 Å². The first-order valence-electron chi connectivity index (χ1n) is 8.11. The molecule has 0 unspecified atom stereocenters. The Morgan fingerprint density at radius 3 is 1.63 bits per heavy atom. The van der Waals surface area contributed by atoms with Gasteiger partial charge < -0.3 is 0 Å². The van der Waals surface area contributed by atoms with Crippen molar-refractivity contribution in [3.05, 3.63) is 22.5 Å². The van der Waals surface area contributed by atoms with E-state index in [2.05, 4.69) is 37.0 Å². The number of unbranched alkanes of at least 4 members (excludes halogenated alkanes) is 3. The second kappa shape index (κ2) is 13.1. The summed E-state index contributed by atoms with van der Waals surface area (Å²) in [6.07, 6.45) is 14.5. The number of ether oxygens (including phenoxy) is 1. The molecule has 0 fully saturated rings. The van der Waals surface area contributed by atoms with Crippen molar-refractivity contribution >= 4 is 18.4 Å². The molecule has 0 N–H and O–H groups in total. The molecule has 2 heteroatoms. The van der Waals surface area contributed by atoms with Crippen LogP contribution in [0.15, 0.2) is 22.5 Å². The Hall–Kier alpha value is 0.0787. The Balaban J connectivity index is 4.75.